The Morgan fingerprint density at radius 1 is 1.16 bits per heavy atom. The Bertz CT molecular complexity index is 603. The van der Waals surface area contributed by atoms with Crippen LogP contribution in [0.25, 0.3) is 0 Å². The molecule has 1 aliphatic carbocycles. The Balaban J connectivity index is 1.77. The maximum absolute atomic E-state index is 11.2. The first-order chi connectivity index (χ1) is 11.9. The summed E-state index contributed by atoms with van der Waals surface area (Å²) in [6.45, 7) is 2.84. The number of aryl methyl sites for hydroxylation is 1. The minimum Gasteiger partial charge on any atom is -0.493 e. The second-order valence-electron chi connectivity index (χ2n) is 7.82. The number of hydrogen-bond donors (Lipinski definition) is 0. The predicted molar refractivity (Wildman–Crippen MR) is 105 cm³/mol. The van der Waals surface area contributed by atoms with Crippen molar-refractivity contribution in [1.29, 1.82) is 0 Å². The van der Waals surface area contributed by atoms with E-state index >= 15 is 0 Å². The van der Waals surface area contributed by atoms with Crippen LogP contribution in [0.2, 0.25) is 0 Å². The van der Waals surface area contributed by atoms with E-state index in [2.05, 4.69) is 19.1 Å². The van der Waals surface area contributed by atoms with E-state index in [-0.39, 0.29) is 5.75 Å². The lowest BCUT2D eigenvalue weighted by molar-refractivity contribution is 0.287. The highest BCUT2D eigenvalue weighted by Crippen LogP contribution is 2.31. The summed E-state index contributed by atoms with van der Waals surface area (Å²) in [6.07, 6.45) is 12.5. The molecule has 142 valence electrons. The van der Waals surface area contributed by atoms with Crippen molar-refractivity contribution in [3.05, 3.63) is 29.8 Å². The van der Waals surface area contributed by atoms with E-state index in [1.807, 2.05) is 12.1 Å². The zero-order valence-electron chi connectivity index (χ0n) is 15.9. The van der Waals surface area contributed by atoms with E-state index in [4.69, 9.17) is 4.74 Å². The maximum atomic E-state index is 11.2. The van der Waals surface area contributed by atoms with Gasteiger partial charge in [-0.1, -0.05) is 57.2 Å². The lowest BCUT2D eigenvalue weighted by Crippen LogP contribution is -2.11. The van der Waals surface area contributed by atoms with Crippen molar-refractivity contribution < 1.29 is 13.2 Å². The van der Waals surface area contributed by atoms with Crippen molar-refractivity contribution in [2.24, 2.45) is 11.8 Å². The molecule has 2 rings (SSSR count). The summed E-state index contributed by atoms with van der Waals surface area (Å²) in [5, 5.41) is 0. The molecule has 1 fully saturated rings. The summed E-state index contributed by atoms with van der Waals surface area (Å²) < 4.78 is 28.2. The van der Waals surface area contributed by atoms with Crippen molar-refractivity contribution >= 4 is 9.84 Å². The molecule has 0 N–H and O–H groups in total. The van der Waals surface area contributed by atoms with Crippen LogP contribution in [0.4, 0.5) is 0 Å². The van der Waals surface area contributed by atoms with Crippen molar-refractivity contribution in [3.63, 3.8) is 0 Å². The van der Waals surface area contributed by atoms with Gasteiger partial charge in [-0.3, -0.25) is 0 Å². The first-order valence-electron chi connectivity index (χ1n) is 9.82. The van der Waals surface area contributed by atoms with Gasteiger partial charge in [0.25, 0.3) is 0 Å². The normalized spacial score (nSPS) is 17.4. The molecule has 0 amide bonds. The molecule has 0 radical (unpaired) electrons. The van der Waals surface area contributed by atoms with Crippen molar-refractivity contribution in [2.75, 3.05) is 18.6 Å². The molecule has 1 unspecified atom stereocenters. The highest BCUT2D eigenvalue weighted by molar-refractivity contribution is 7.90. The monoisotopic (exact) mass is 366 g/mol. The average Bonchev–Trinajstić information content (AvgIpc) is 2.58. The van der Waals surface area contributed by atoms with Crippen LogP contribution in [0.5, 0.6) is 5.75 Å². The van der Waals surface area contributed by atoms with Crippen LogP contribution in [-0.2, 0) is 16.3 Å². The van der Waals surface area contributed by atoms with E-state index in [9.17, 15) is 8.42 Å². The quantitative estimate of drug-likeness (QED) is 0.545. The van der Waals surface area contributed by atoms with Crippen LogP contribution in [0, 0.1) is 11.8 Å². The molecule has 0 aliphatic heterocycles. The van der Waals surface area contributed by atoms with Crippen molar-refractivity contribution in [1.82, 2.24) is 0 Å². The van der Waals surface area contributed by atoms with Gasteiger partial charge in [-0.15, -0.1) is 0 Å². The number of rotatable bonds is 10. The van der Waals surface area contributed by atoms with Crippen LogP contribution in [0.15, 0.2) is 24.3 Å². The van der Waals surface area contributed by atoms with Crippen LogP contribution >= 0.6 is 0 Å². The highest BCUT2D eigenvalue weighted by atomic mass is 32.2. The SMILES string of the molecule is CC(CCc1ccccc1OCCCS(C)(=O)=O)CC1CCCCC1. The fraction of sp³-hybridized carbons (Fsp3) is 0.714. The van der Waals surface area contributed by atoms with Crippen molar-refractivity contribution in [2.45, 2.75) is 64.7 Å². The smallest absolute Gasteiger partial charge is 0.147 e. The molecule has 1 saturated carbocycles. The van der Waals surface area contributed by atoms with Gasteiger partial charge in [-0.05, 0) is 49.1 Å². The molecule has 1 atom stereocenters. The number of benzene rings is 1. The van der Waals surface area contributed by atoms with Crippen LogP contribution in [-0.4, -0.2) is 27.0 Å². The van der Waals surface area contributed by atoms with Gasteiger partial charge >= 0.3 is 0 Å². The topological polar surface area (TPSA) is 43.4 Å². The first kappa shape index (κ1) is 20.3. The third kappa shape index (κ3) is 8.26. The van der Waals surface area contributed by atoms with Crippen molar-refractivity contribution in [3.8, 4) is 5.75 Å². The van der Waals surface area contributed by atoms with Crippen LogP contribution in [0.3, 0.4) is 0 Å². The lowest BCUT2D eigenvalue weighted by atomic mass is 9.82. The van der Waals surface area contributed by atoms with Gasteiger partial charge in [-0.25, -0.2) is 8.42 Å². The van der Waals surface area contributed by atoms with Crippen LogP contribution < -0.4 is 4.74 Å². The van der Waals surface area contributed by atoms with Crippen LogP contribution in [0.1, 0.15) is 63.9 Å². The third-order valence-corrected chi connectivity index (χ3v) is 6.29. The van der Waals surface area contributed by atoms with Gasteiger partial charge in [0.2, 0.25) is 0 Å². The molecule has 3 nitrogen and oxygen atoms in total. The zero-order valence-corrected chi connectivity index (χ0v) is 16.7. The second kappa shape index (κ2) is 10.2. The standard InChI is InChI=1S/C21H34O3S/c1-18(17-19-9-4-3-5-10-19)13-14-20-11-6-7-12-21(20)24-15-8-16-25(2,22)23/h6-7,11-12,18-19H,3-5,8-10,13-17H2,1-2H3. The van der Waals surface area contributed by atoms with E-state index < -0.39 is 9.84 Å². The predicted octanol–water partition coefficient (Wildman–Crippen LogP) is 5.04. The molecule has 0 saturated heterocycles. The summed E-state index contributed by atoms with van der Waals surface area (Å²) >= 11 is 0. The second-order valence-corrected chi connectivity index (χ2v) is 10.1. The van der Waals surface area contributed by atoms with Gasteiger partial charge < -0.3 is 4.74 Å². The van der Waals surface area contributed by atoms with Gasteiger partial charge in [0.05, 0.1) is 12.4 Å². The van der Waals surface area contributed by atoms with E-state index in [1.165, 1.54) is 56.8 Å². The molecule has 1 aliphatic rings. The summed E-state index contributed by atoms with van der Waals surface area (Å²) in [6, 6.07) is 8.19. The van der Waals surface area contributed by atoms with E-state index in [0.717, 1.165) is 24.0 Å². The highest BCUT2D eigenvalue weighted by Gasteiger charge is 2.16. The number of sulfone groups is 1. The molecule has 0 bridgehead atoms. The number of hydrogen-bond acceptors (Lipinski definition) is 3. The van der Waals surface area contributed by atoms with E-state index in [0.29, 0.717) is 13.0 Å². The largest absolute Gasteiger partial charge is 0.493 e. The molecular weight excluding hydrogens is 332 g/mol. The molecule has 1 aromatic carbocycles. The average molecular weight is 367 g/mol. The molecule has 25 heavy (non-hydrogen) atoms. The zero-order chi connectivity index (χ0) is 18.1. The third-order valence-electron chi connectivity index (χ3n) is 5.26. The molecule has 1 aromatic rings. The van der Waals surface area contributed by atoms with Gasteiger partial charge in [0.1, 0.15) is 15.6 Å². The Labute approximate surface area is 154 Å². The molecule has 0 heterocycles. The Morgan fingerprint density at radius 2 is 1.88 bits per heavy atom. The fourth-order valence-electron chi connectivity index (χ4n) is 3.87. The molecule has 0 spiro atoms. The number of ether oxygens (including phenoxy) is 1. The summed E-state index contributed by atoms with van der Waals surface area (Å²) in [4.78, 5) is 0. The lowest BCUT2D eigenvalue weighted by Gasteiger charge is -2.24. The number of para-hydroxylation sites is 1. The maximum Gasteiger partial charge on any atom is 0.147 e. The van der Waals surface area contributed by atoms with Gasteiger partial charge in [0, 0.05) is 6.26 Å². The summed E-state index contributed by atoms with van der Waals surface area (Å²) in [5.74, 6) is 2.79. The Hall–Kier alpha value is -1.03. The Kier molecular flexibility index (Phi) is 8.28. The van der Waals surface area contributed by atoms with Gasteiger partial charge in [0.15, 0.2) is 0 Å². The molecular formula is C21H34O3S. The van der Waals surface area contributed by atoms with Gasteiger partial charge in [-0.2, -0.15) is 0 Å². The Morgan fingerprint density at radius 3 is 2.60 bits per heavy atom. The summed E-state index contributed by atoms with van der Waals surface area (Å²) in [5.41, 5.74) is 1.25. The first-order valence-corrected chi connectivity index (χ1v) is 11.9. The molecule has 0 aromatic heterocycles. The minimum absolute atomic E-state index is 0.188. The fourth-order valence-corrected chi connectivity index (χ4v) is 4.51. The molecule has 4 heteroatoms. The van der Waals surface area contributed by atoms with E-state index in [1.54, 1.807) is 0 Å². The summed E-state index contributed by atoms with van der Waals surface area (Å²) in [7, 11) is -2.90. The minimum atomic E-state index is -2.90.